The zero-order chi connectivity index (χ0) is 15.2. The van der Waals surface area contributed by atoms with Crippen LogP contribution in [0.3, 0.4) is 0 Å². The molecule has 0 unspecified atom stereocenters. The molecule has 0 aliphatic heterocycles. The Morgan fingerprint density at radius 1 is 1.48 bits per heavy atom. The van der Waals surface area contributed by atoms with E-state index < -0.39 is 0 Å². The van der Waals surface area contributed by atoms with Crippen molar-refractivity contribution in [2.24, 2.45) is 5.10 Å². The maximum absolute atomic E-state index is 9.67. The van der Waals surface area contributed by atoms with E-state index in [0.29, 0.717) is 17.1 Å². The maximum Gasteiger partial charge on any atom is 0.216 e. The zero-order valence-corrected chi connectivity index (χ0v) is 12.9. The topological polar surface area (TPSA) is 75.4 Å². The first kappa shape index (κ1) is 15.2. The van der Waals surface area contributed by atoms with Crippen LogP contribution in [0.15, 0.2) is 23.3 Å². The van der Waals surface area contributed by atoms with Gasteiger partial charge in [-0.25, -0.2) is 0 Å². The Kier molecular flexibility index (Phi) is 5.10. The van der Waals surface area contributed by atoms with Crippen molar-refractivity contribution in [3.8, 4) is 11.5 Å². The predicted octanol–water partition coefficient (Wildman–Crippen LogP) is 2.88. The van der Waals surface area contributed by atoms with Crippen molar-refractivity contribution in [2.45, 2.75) is 26.7 Å². The molecule has 2 aromatic rings. The zero-order valence-electron chi connectivity index (χ0n) is 12.0. The molecule has 1 heterocycles. The van der Waals surface area contributed by atoms with E-state index in [1.165, 1.54) is 0 Å². The van der Waals surface area contributed by atoms with Crippen molar-refractivity contribution in [1.82, 2.24) is 14.9 Å². The molecule has 6 nitrogen and oxygen atoms in total. The van der Waals surface area contributed by atoms with Crippen molar-refractivity contribution >= 4 is 18.4 Å². The second kappa shape index (κ2) is 7.03. The molecule has 0 atom stereocenters. The number of aromatic amines is 1. The summed E-state index contributed by atoms with van der Waals surface area (Å²) in [5, 5.41) is 20.9. The number of hydrogen-bond acceptors (Lipinski definition) is 5. The number of phenolic OH excluding ortho intramolecular Hbond substituents is 1. The number of ether oxygens (including phenoxy) is 1. The minimum atomic E-state index is 0.112. The fourth-order valence-corrected chi connectivity index (χ4v) is 2.03. The third-order valence-electron chi connectivity index (χ3n) is 2.80. The molecule has 0 aliphatic carbocycles. The van der Waals surface area contributed by atoms with Gasteiger partial charge in [0.25, 0.3) is 0 Å². The summed E-state index contributed by atoms with van der Waals surface area (Å²) in [6, 6.07) is 5.06. The van der Waals surface area contributed by atoms with Crippen LogP contribution in [0.4, 0.5) is 0 Å². The van der Waals surface area contributed by atoms with Crippen LogP contribution in [0.1, 0.15) is 31.7 Å². The van der Waals surface area contributed by atoms with Crippen molar-refractivity contribution < 1.29 is 9.84 Å². The summed E-state index contributed by atoms with van der Waals surface area (Å²) in [5.41, 5.74) is 0.807. The fourth-order valence-electron chi connectivity index (χ4n) is 1.84. The van der Waals surface area contributed by atoms with E-state index in [0.717, 1.165) is 24.2 Å². The summed E-state index contributed by atoms with van der Waals surface area (Å²) in [4.78, 5) is 0. The minimum Gasteiger partial charge on any atom is -0.504 e. The van der Waals surface area contributed by atoms with Crippen LogP contribution in [0.2, 0.25) is 0 Å². The van der Waals surface area contributed by atoms with E-state index in [-0.39, 0.29) is 5.75 Å². The van der Waals surface area contributed by atoms with Gasteiger partial charge in [0.15, 0.2) is 17.3 Å². The highest BCUT2D eigenvalue weighted by Gasteiger charge is 2.04. The van der Waals surface area contributed by atoms with Gasteiger partial charge in [0.1, 0.15) is 0 Å². The van der Waals surface area contributed by atoms with Gasteiger partial charge in [-0.05, 0) is 49.3 Å². The summed E-state index contributed by atoms with van der Waals surface area (Å²) in [5.74, 6) is 1.34. The van der Waals surface area contributed by atoms with Gasteiger partial charge >= 0.3 is 0 Å². The highest BCUT2D eigenvalue weighted by molar-refractivity contribution is 7.71. The fraction of sp³-hybridized carbons (Fsp3) is 0.357. The second-order valence-corrected chi connectivity index (χ2v) is 4.80. The summed E-state index contributed by atoms with van der Waals surface area (Å²) >= 11 is 5.16. The Balaban J connectivity index is 2.27. The molecule has 2 N–H and O–H groups in total. The number of benzene rings is 1. The number of hydrogen-bond donors (Lipinski definition) is 2. The van der Waals surface area contributed by atoms with E-state index in [4.69, 9.17) is 17.0 Å². The quantitative estimate of drug-likeness (QED) is 0.635. The van der Waals surface area contributed by atoms with Crippen LogP contribution in [-0.4, -0.2) is 32.8 Å². The van der Waals surface area contributed by atoms with E-state index in [2.05, 4.69) is 22.2 Å². The van der Waals surface area contributed by atoms with Gasteiger partial charge in [-0.2, -0.15) is 14.9 Å². The molecule has 21 heavy (non-hydrogen) atoms. The van der Waals surface area contributed by atoms with Gasteiger partial charge < -0.3 is 9.84 Å². The van der Waals surface area contributed by atoms with Gasteiger partial charge in [-0.3, -0.25) is 5.10 Å². The Labute approximate surface area is 128 Å². The third-order valence-corrected chi connectivity index (χ3v) is 3.06. The van der Waals surface area contributed by atoms with Gasteiger partial charge in [0, 0.05) is 6.42 Å². The molecular weight excluding hydrogens is 288 g/mol. The van der Waals surface area contributed by atoms with Crippen LogP contribution >= 0.6 is 12.2 Å². The Morgan fingerprint density at radius 3 is 3.00 bits per heavy atom. The van der Waals surface area contributed by atoms with E-state index in [1.807, 2.05) is 6.92 Å². The standard InChI is InChI=1S/C14H18N4O2S/c1-3-5-13-16-17-14(21)18(13)15-9-10-6-7-11(19)12(8-10)20-4-2/h6-9,19H,3-5H2,1-2H3,(H,17,21)/b15-9+. The number of nitrogens with one attached hydrogen (secondary N) is 1. The number of aromatic hydroxyl groups is 1. The average Bonchev–Trinajstić information content (AvgIpc) is 2.81. The molecule has 1 aromatic carbocycles. The number of phenols is 1. The first-order valence-corrected chi connectivity index (χ1v) is 7.23. The Hall–Kier alpha value is -2.15. The van der Waals surface area contributed by atoms with Gasteiger partial charge in [0.2, 0.25) is 4.77 Å². The Morgan fingerprint density at radius 2 is 2.29 bits per heavy atom. The molecule has 7 heteroatoms. The van der Waals surface area contributed by atoms with Crippen LogP contribution in [0, 0.1) is 4.77 Å². The number of aromatic nitrogens is 3. The average molecular weight is 306 g/mol. The monoisotopic (exact) mass is 306 g/mol. The van der Waals surface area contributed by atoms with E-state index in [9.17, 15) is 5.11 Å². The van der Waals surface area contributed by atoms with Gasteiger partial charge in [0.05, 0.1) is 12.8 Å². The molecule has 0 saturated heterocycles. The third kappa shape index (κ3) is 3.69. The lowest BCUT2D eigenvalue weighted by Crippen LogP contribution is -1.99. The van der Waals surface area contributed by atoms with Crippen LogP contribution in [0.25, 0.3) is 0 Å². The van der Waals surface area contributed by atoms with Crippen LogP contribution in [0.5, 0.6) is 11.5 Å². The van der Waals surface area contributed by atoms with Crippen molar-refractivity contribution in [3.05, 3.63) is 34.4 Å². The molecule has 1 aromatic heterocycles. The predicted molar refractivity (Wildman–Crippen MR) is 83.7 cm³/mol. The molecule has 0 spiro atoms. The highest BCUT2D eigenvalue weighted by atomic mass is 32.1. The second-order valence-electron chi connectivity index (χ2n) is 4.41. The van der Waals surface area contributed by atoms with E-state index in [1.54, 1.807) is 29.1 Å². The van der Waals surface area contributed by atoms with Gasteiger partial charge in [-0.1, -0.05) is 6.92 Å². The van der Waals surface area contributed by atoms with E-state index >= 15 is 0 Å². The molecule has 2 rings (SSSR count). The molecule has 0 amide bonds. The number of aryl methyl sites for hydroxylation is 1. The lowest BCUT2D eigenvalue weighted by molar-refractivity contribution is 0.318. The minimum absolute atomic E-state index is 0.112. The first-order valence-electron chi connectivity index (χ1n) is 6.82. The Bertz CT molecular complexity index is 691. The smallest absolute Gasteiger partial charge is 0.216 e. The SMILES string of the molecule is CCCc1n[nH]c(=S)n1/N=C/c1ccc(O)c(OCC)c1. The largest absolute Gasteiger partial charge is 0.504 e. The molecule has 112 valence electrons. The molecule has 0 radical (unpaired) electrons. The van der Waals surface area contributed by atoms with Crippen molar-refractivity contribution in [3.63, 3.8) is 0 Å². The normalized spacial score (nSPS) is 11.1. The van der Waals surface area contributed by atoms with Crippen LogP contribution < -0.4 is 4.74 Å². The molecule has 0 bridgehead atoms. The summed E-state index contributed by atoms with van der Waals surface area (Å²) in [6.07, 6.45) is 3.42. The maximum atomic E-state index is 9.67. The lowest BCUT2D eigenvalue weighted by Gasteiger charge is -2.06. The molecular formula is C14H18N4O2S. The number of rotatable bonds is 6. The molecule has 0 aliphatic rings. The van der Waals surface area contributed by atoms with Crippen molar-refractivity contribution in [1.29, 1.82) is 0 Å². The molecule has 0 fully saturated rings. The summed E-state index contributed by atoms with van der Waals surface area (Å²) < 4.78 is 7.40. The van der Waals surface area contributed by atoms with Crippen LogP contribution in [-0.2, 0) is 6.42 Å². The lowest BCUT2D eigenvalue weighted by atomic mass is 10.2. The summed E-state index contributed by atoms with van der Waals surface area (Å²) in [6.45, 7) is 4.42. The number of H-pyrrole nitrogens is 1. The van der Waals surface area contributed by atoms with Gasteiger partial charge in [-0.15, -0.1) is 0 Å². The first-order chi connectivity index (χ1) is 10.2. The number of nitrogens with zero attached hydrogens (tertiary/aromatic N) is 3. The summed E-state index contributed by atoms with van der Waals surface area (Å²) in [7, 11) is 0. The highest BCUT2D eigenvalue weighted by Crippen LogP contribution is 2.26. The molecule has 0 saturated carbocycles. The van der Waals surface area contributed by atoms with Crippen molar-refractivity contribution in [2.75, 3.05) is 6.61 Å².